The third kappa shape index (κ3) is 4.23. The van der Waals surface area contributed by atoms with Crippen molar-refractivity contribution in [3.63, 3.8) is 0 Å². The van der Waals surface area contributed by atoms with E-state index < -0.39 is 0 Å². The maximum atomic E-state index is 6.05. The number of thiazole rings is 1. The molecule has 0 unspecified atom stereocenters. The monoisotopic (exact) mass is 421 g/mol. The number of imidazole rings is 1. The second kappa shape index (κ2) is 8.59. The summed E-state index contributed by atoms with van der Waals surface area (Å²) in [5.41, 5.74) is 5.07. The fraction of sp³-hybridized carbons (Fsp3) is 0.136. The summed E-state index contributed by atoms with van der Waals surface area (Å²) in [5, 5.41) is 7.69. The van der Waals surface area contributed by atoms with Crippen molar-refractivity contribution < 1.29 is 0 Å². The molecule has 0 aliphatic rings. The van der Waals surface area contributed by atoms with Crippen molar-refractivity contribution in [1.82, 2.24) is 14.2 Å². The molecule has 4 aromatic rings. The molecule has 0 saturated heterocycles. The Kier molecular flexibility index (Phi) is 5.74. The van der Waals surface area contributed by atoms with E-state index >= 15 is 0 Å². The lowest BCUT2D eigenvalue weighted by atomic mass is 10.1. The van der Waals surface area contributed by atoms with Gasteiger partial charge >= 0.3 is 0 Å². The van der Waals surface area contributed by atoms with Gasteiger partial charge in [-0.15, -0.1) is 11.3 Å². The van der Waals surface area contributed by atoms with Crippen molar-refractivity contribution >= 4 is 28.6 Å². The third-order valence-electron chi connectivity index (χ3n) is 4.46. The zero-order valence-electron chi connectivity index (χ0n) is 16.2. The molecule has 0 aliphatic heterocycles. The predicted octanol–water partition coefficient (Wildman–Crippen LogP) is 5.25. The molecule has 0 aliphatic carbocycles. The standard InChI is InChI=1S/C22H20ClN5S/c1-3-25-22-28(21(14-29-22)18-4-8-19(23)9-5-18)26-16(2)17-6-10-20(11-7-17)27-13-12-24-15-27/h4-15H,3H2,1-2H3. The van der Waals surface area contributed by atoms with Crippen molar-refractivity contribution in [2.24, 2.45) is 10.1 Å². The Hall–Kier alpha value is -2.96. The Labute approximate surface area is 178 Å². The van der Waals surface area contributed by atoms with Crippen LogP contribution in [0.2, 0.25) is 5.02 Å². The molecule has 2 aromatic heterocycles. The summed E-state index contributed by atoms with van der Waals surface area (Å²) in [5.74, 6) is 0. The van der Waals surface area contributed by atoms with Crippen LogP contribution in [0, 0.1) is 0 Å². The second-order valence-corrected chi connectivity index (χ2v) is 7.67. The molecule has 0 atom stereocenters. The first-order valence-corrected chi connectivity index (χ1v) is 10.5. The number of hydrogen-bond acceptors (Lipinski definition) is 4. The molecule has 2 aromatic carbocycles. The number of nitrogens with zero attached hydrogens (tertiary/aromatic N) is 5. The van der Waals surface area contributed by atoms with Gasteiger partial charge in [-0.25, -0.2) is 9.66 Å². The molecule has 0 fully saturated rings. The molecule has 146 valence electrons. The van der Waals surface area contributed by atoms with Gasteiger partial charge in [0.05, 0.1) is 17.7 Å². The van der Waals surface area contributed by atoms with Gasteiger partial charge in [0.25, 0.3) is 0 Å². The average Bonchev–Trinajstić information content (AvgIpc) is 3.40. The maximum absolute atomic E-state index is 6.05. The third-order valence-corrected chi connectivity index (χ3v) is 5.56. The molecule has 0 saturated carbocycles. The highest BCUT2D eigenvalue weighted by atomic mass is 35.5. The molecular weight excluding hydrogens is 402 g/mol. The van der Waals surface area contributed by atoms with E-state index in [1.165, 1.54) is 0 Å². The SMILES string of the molecule is CCN=c1scc(-c2ccc(Cl)cc2)n1N=C(C)c1ccc(-n2ccnc2)cc1. The number of aromatic nitrogens is 3. The number of halogens is 1. The topological polar surface area (TPSA) is 47.5 Å². The molecule has 0 spiro atoms. The van der Waals surface area contributed by atoms with Crippen LogP contribution in [0.4, 0.5) is 0 Å². The van der Waals surface area contributed by atoms with Gasteiger partial charge in [0.15, 0.2) is 0 Å². The fourth-order valence-electron chi connectivity index (χ4n) is 2.95. The highest BCUT2D eigenvalue weighted by molar-refractivity contribution is 7.07. The summed E-state index contributed by atoms with van der Waals surface area (Å²) in [6.45, 7) is 4.74. The fourth-order valence-corrected chi connectivity index (χ4v) is 3.97. The van der Waals surface area contributed by atoms with Crippen LogP contribution >= 0.6 is 22.9 Å². The molecule has 0 bridgehead atoms. The Balaban J connectivity index is 1.73. The van der Waals surface area contributed by atoms with Crippen LogP contribution in [0.15, 0.2) is 82.7 Å². The zero-order valence-corrected chi connectivity index (χ0v) is 17.7. The Bertz CT molecular complexity index is 1180. The molecular formula is C22H20ClN5S. The van der Waals surface area contributed by atoms with E-state index in [1.54, 1.807) is 23.9 Å². The van der Waals surface area contributed by atoms with Crippen molar-refractivity contribution in [2.75, 3.05) is 6.54 Å². The van der Waals surface area contributed by atoms with Gasteiger partial charge in [-0.05, 0) is 43.7 Å². The van der Waals surface area contributed by atoms with Crippen molar-refractivity contribution in [3.05, 3.63) is 88.0 Å². The first kappa shape index (κ1) is 19.4. The van der Waals surface area contributed by atoms with Gasteiger partial charge in [-0.2, -0.15) is 5.10 Å². The Morgan fingerprint density at radius 3 is 2.52 bits per heavy atom. The van der Waals surface area contributed by atoms with Crippen LogP contribution in [0.3, 0.4) is 0 Å². The van der Waals surface area contributed by atoms with E-state index in [1.807, 2.05) is 53.6 Å². The molecule has 0 amide bonds. The molecule has 7 heteroatoms. The highest BCUT2D eigenvalue weighted by Gasteiger charge is 2.09. The lowest BCUT2D eigenvalue weighted by Crippen LogP contribution is -2.14. The smallest absolute Gasteiger partial charge is 0.206 e. The quantitative estimate of drug-likeness (QED) is 0.406. The van der Waals surface area contributed by atoms with Gasteiger partial charge in [-0.1, -0.05) is 35.9 Å². The van der Waals surface area contributed by atoms with Crippen LogP contribution in [0.1, 0.15) is 19.4 Å². The van der Waals surface area contributed by atoms with Gasteiger partial charge in [-0.3, -0.25) is 4.99 Å². The largest absolute Gasteiger partial charge is 0.306 e. The zero-order chi connectivity index (χ0) is 20.2. The predicted molar refractivity (Wildman–Crippen MR) is 120 cm³/mol. The van der Waals surface area contributed by atoms with Gasteiger partial charge < -0.3 is 4.57 Å². The van der Waals surface area contributed by atoms with Crippen molar-refractivity contribution in [2.45, 2.75) is 13.8 Å². The molecule has 29 heavy (non-hydrogen) atoms. The minimum atomic E-state index is 0.703. The molecule has 4 rings (SSSR count). The van der Waals surface area contributed by atoms with E-state index in [4.69, 9.17) is 16.7 Å². The van der Waals surface area contributed by atoms with Crippen molar-refractivity contribution in [1.29, 1.82) is 0 Å². The van der Waals surface area contributed by atoms with Crippen LogP contribution in [0.25, 0.3) is 16.9 Å². The molecule has 5 nitrogen and oxygen atoms in total. The summed E-state index contributed by atoms with van der Waals surface area (Å²) in [6.07, 6.45) is 5.48. The first-order chi connectivity index (χ1) is 14.2. The first-order valence-electron chi connectivity index (χ1n) is 9.27. The van der Waals surface area contributed by atoms with E-state index in [2.05, 4.69) is 39.6 Å². The lowest BCUT2D eigenvalue weighted by molar-refractivity contribution is 0.827. The van der Waals surface area contributed by atoms with E-state index in [0.29, 0.717) is 11.6 Å². The van der Waals surface area contributed by atoms with Gasteiger partial charge in [0, 0.05) is 40.6 Å². The summed E-state index contributed by atoms with van der Waals surface area (Å²) in [4.78, 5) is 9.57. The van der Waals surface area contributed by atoms with Crippen LogP contribution in [-0.2, 0) is 0 Å². The highest BCUT2D eigenvalue weighted by Crippen LogP contribution is 2.22. The summed E-state index contributed by atoms with van der Waals surface area (Å²) < 4.78 is 3.89. The number of rotatable bonds is 5. The van der Waals surface area contributed by atoms with Crippen LogP contribution in [-0.4, -0.2) is 26.5 Å². The van der Waals surface area contributed by atoms with Crippen LogP contribution < -0.4 is 4.80 Å². The van der Waals surface area contributed by atoms with E-state index in [9.17, 15) is 0 Å². The molecule has 2 heterocycles. The Morgan fingerprint density at radius 1 is 1.10 bits per heavy atom. The summed E-state index contributed by atoms with van der Waals surface area (Å²) >= 11 is 7.64. The minimum absolute atomic E-state index is 0.703. The normalized spacial score (nSPS) is 12.5. The summed E-state index contributed by atoms with van der Waals surface area (Å²) in [6, 6.07) is 16.0. The summed E-state index contributed by atoms with van der Waals surface area (Å²) in [7, 11) is 0. The average molecular weight is 422 g/mol. The minimum Gasteiger partial charge on any atom is -0.306 e. The van der Waals surface area contributed by atoms with Crippen LogP contribution in [0.5, 0.6) is 0 Å². The van der Waals surface area contributed by atoms with Crippen molar-refractivity contribution in [3.8, 4) is 16.9 Å². The number of hydrogen-bond donors (Lipinski definition) is 0. The van der Waals surface area contributed by atoms with Gasteiger partial charge in [0.2, 0.25) is 4.80 Å². The van der Waals surface area contributed by atoms with E-state index in [-0.39, 0.29) is 0 Å². The molecule has 0 N–H and O–H groups in total. The van der Waals surface area contributed by atoms with E-state index in [0.717, 1.165) is 33.0 Å². The number of benzene rings is 2. The Morgan fingerprint density at radius 2 is 1.86 bits per heavy atom. The maximum Gasteiger partial charge on any atom is 0.206 e. The second-order valence-electron chi connectivity index (χ2n) is 6.40. The molecule has 0 radical (unpaired) electrons. The lowest BCUT2D eigenvalue weighted by Gasteiger charge is -2.08. The van der Waals surface area contributed by atoms with Gasteiger partial charge in [0.1, 0.15) is 0 Å².